The van der Waals surface area contributed by atoms with Crippen LogP contribution in [0.4, 0.5) is 0 Å². The van der Waals surface area contributed by atoms with Crippen LogP contribution in [0.3, 0.4) is 0 Å². The molecule has 1 amide bonds. The van der Waals surface area contributed by atoms with Crippen molar-refractivity contribution >= 4 is 26.7 Å². The summed E-state index contributed by atoms with van der Waals surface area (Å²) in [5.74, 6) is 0.0146. The van der Waals surface area contributed by atoms with Gasteiger partial charge in [0.15, 0.2) is 0 Å². The van der Waals surface area contributed by atoms with Crippen molar-refractivity contribution in [2.45, 2.75) is 32.2 Å². The van der Waals surface area contributed by atoms with Gasteiger partial charge in [0.1, 0.15) is 0 Å². The van der Waals surface area contributed by atoms with Crippen LogP contribution in [0.15, 0.2) is 24.3 Å². The molecule has 3 N–H and O–H groups in total. The average molecular weight is 360 g/mol. The number of hydrogen-bond acceptors (Lipinski definition) is 4. The van der Waals surface area contributed by atoms with Gasteiger partial charge in [-0.2, -0.15) is 0 Å². The summed E-state index contributed by atoms with van der Waals surface area (Å²) in [6.07, 6.45) is 0.707. The van der Waals surface area contributed by atoms with Gasteiger partial charge in [-0.25, -0.2) is 0 Å². The molecule has 1 aromatic carbocycles. The summed E-state index contributed by atoms with van der Waals surface area (Å²) in [6.45, 7) is 8.65. The molecule has 0 saturated carbocycles. The Morgan fingerprint density at radius 1 is 1.39 bits per heavy atom. The van der Waals surface area contributed by atoms with Crippen LogP contribution in [0.1, 0.15) is 32.1 Å². The number of benzene rings is 1. The van der Waals surface area contributed by atoms with Crippen molar-refractivity contribution < 1.29 is 9.53 Å². The summed E-state index contributed by atoms with van der Waals surface area (Å²) >= 11 is 6.33. The minimum atomic E-state index is -0.183. The van der Waals surface area contributed by atoms with Crippen molar-refractivity contribution in [3.05, 3.63) is 34.9 Å². The lowest BCUT2D eigenvalue weighted by molar-refractivity contribution is -0.109. The van der Waals surface area contributed by atoms with Gasteiger partial charge in [0.05, 0.1) is 18.0 Å². The summed E-state index contributed by atoms with van der Waals surface area (Å²) in [5, 5.41) is 3.41. The molecule has 0 heterocycles. The normalized spacial score (nSPS) is 13.7. The van der Waals surface area contributed by atoms with E-state index in [2.05, 4.69) is 10.2 Å². The molecule has 0 bridgehead atoms. The first-order valence-electron chi connectivity index (χ1n) is 7.64. The highest BCUT2D eigenvalue weighted by Gasteiger charge is 2.22. The summed E-state index contributed by atoms with van der Waals surface area (Å²) in [7, 11) is 0.183. The second kappa shape index (κ2) is 10.2. The number of hydrogen-bond donors (Lipinski definition) is 2. The Morgan fingerprint density at radius 2 is 2.09 bits per heavy atom. The lowest BCUT2D eigenvalue weighted by Gasteiger charge is -2.32. The summed E-state index contributed by atoms with van der Waals surface area (Å²) in [6, 6.07) is 7.74. The fourth-order valence-electron chi connectivity index (χ4n) is 2.19. The highest BCUT2D eigenvalue weighted by Crippen LogP contribution is 2.36. The SMILES string of the molecule is CC(C)(C)OCCN(CCNC=O)C(PN)c1ccccc1Cl. The Balaban J connectivity index is 2.82. The molecule has 1 rings (SSSR count). The summed E-state index contributed by atoms with van der Waals surface area (Å²) < 4.78 is 5.82. The standard InChI is InChI=1S/C16H27ClN3O2P/c1-16(2,3)22-11-10-20(9-8-19-12-21)15(23-18)13-6-4-5-7-14(13)17/h4-7,12,15,23H,8-11,18H2,1-3H3,(H,19,21). The van der Waals surface area contributed by atoms with Gasteiger partial charge in [-0.15, -0.1) is 0 Å². The van der Waals surface area contributed by atoms with E-state index in [4.69, 9.17) is 21.8 Å². The van der Waals surface area contributed by atoms with Gasteiger partial charge in [0.25, 0.3) is 0 Å². The van der Waals surface area contributed by atoms with Crippen LogP contribution in [0.2, 0.25) is 5.02 Å². The topological polar surface area (TPSA) is 67.6 Å². The van der Waals surface area contributed by atoms with Crippen molar-refractivity contribution in [2.24, 2.45) is 5.50 Å². The van der Waals surface area contributed by atoms with Crippen molar-refractivity contribution in [2.75, 3.05) is 26.2 Å². The third-order valence-electron chi connectivity index (χ3n) is 3.26. The highest BCUT2D eigenvalue weighted by atomic mass is 35.5. The quantitative estimate of drug-likeness (QED) is 0.383. The molecule has 0 aliphatic rings. The molecule has 0 fully saturated rings. The van der Waals surface area contributed by atoms with E-state index in [1.165, 1.54) is 0 Å². The number of ether oxygens (including phenoxy) is 1. The molecule has 0 aromatic heterocycles. The lowest BCUT2D eigenvalue weighted by Crippen LogP contribution is -2.37. The number of carbonyl (C=O) groups is 1. The minimum absolute atomic E-state index is 0.0146. The molecule has 1 aromatic rings. The van der Waals surface area contributed by atoms with E-state index in [0.29, 0.717) is 31.1 Å². The average Bonchev–Trinajstić information content (AvgIpc) is 2.48. The van der Waals surface area contributed by atoms with Gasteiger partial charge in [-0.1, -0.05) is 29.8 Å². The van der Waals surface area contributed by atoms with Crippen LogP contribution in [0.5, 0.6) is 0 Å². The van der Waals surface area contributed by atoms with Crippen molar-refractivity contribution in [1.82, 2.24) is 10.2 Å². The van der Waals surface area contributed by atoms with Gasteiger partial charge < -0.3 is 15.6 Å². The molecule has 0 saturated heterocycles. The molecule has 0 aliphatic carbocycles. The van der Waals surface area contributed by atoms with E-state index in [9.17, 15) is 4.79 Å². The maximum Gasteiger partial charge on any atom is 0.207 e. The van der Waals surface area contributed by atoms with Crippen LogP contribution in [0.25, 0.3) is 0 Å². The third-order valence-corrected chi connectivity index (χ3v) is 4.60. The van der Waals surface area contributed by atoms with Gasteiger partial charge in [0.2, 0.25) is 6.41 Å². The molecular weight excluding hydrogens is 333 g/mol. The number of nitrogens with two attached hydrogens (primary N) is 1. The molecule has 0 aliphatic heterocycles. The molecule has 5 nitrogen and oxygen atoms in total. The summed E-state index contributed by atoms with van der Waals surface area (Å²) in [4.78, 5) is 12.7. The van der Waals surface area contributed by atoms with E-state index in [1.54, 1.807) is 0 Å². The molecule has 2 atom stereocenters. The van der Waals surface area contributed by atoms with E-state index < -0.39 is 0 Å². The number of nitrogens with one attached hydrogen (secondary N) is 1. The van der Waals surface area contributed by atoms with Gasteiger partial charge in [0, 0.05) is 24.7 Å². The Hall–Kier alpha value is -0.710. The Morgan fingerprint density at radius 3 is 2.65 bits per heavy atom. The van der Waals surface area contributed by atoms with Crippen LogP contribution in [-0.2, 0) is 9.53 Å². The predicted octanol–water partition coefficient (Wildman–Crippen LogP) is 2.75. The molecular formula is C16H27ClN3O2P. The van der Waals surface area contributed by atoms with E-state index in [0.717, 1.165) is 12.1 Å². The molecule has 23 heavy (non-hydrogen) atoms. The fraction of sp³-hybridized carbons (Fsp3) is 0.562. The molecule has 0 spiro atoms. The van der Waals surface area contributed by atoms with E-state index in [-0.39, 0.29) is 20.1 Å². The van der Waals surface area contributed by atoms with E-state index in [1.807, 2.05) is 45.0 Å². The van der Waals surface area contributed by atoms with Gasteiger partial charge >= 0.3 is 0 Å². The first-order chi connectivity index (χ1) is 10.9. The van der Waals surface area contributed by atoms with Crippen LogP contribution >= 0.6 is 20.3 Å². The maximum atomic E-state index is 10.5. The second-order valence-corrected chi connectivity index (χ2v) is 7.45. The molecule has 130 valence electrons. The first-order valence-corrected chi connectivity index (χ1v) is 9.18. The summed E-state index contributed by atoms with van der Waals surface area (Å²) in [5.41, 5.74) is 6.86. The molecule has 2 unspecified atom stereocenters. The Bertz CT molecular complexity index is 483. The predicted molar refractivity (Wildman–Crippen MR) is 98.0 cm³/mol. The van der Waals surface area contributed by atoms with Crippen molar-refractivity contribution in [3.8, 4) is 0 Å². The van der Waals surface area contributed by atoms with Crippen LogP contribution < -0.4 is 10.8 Å². The zero-order valence-corrected chi connectivity index (χ0v) is 15.8. The van der Waals surface area contributed by atoms with Crippen molar-refractivity contribution in [1.29, 1.82) is 0 Å². The number of halogens is 1. The van der Waals surface area contributed by atoms with Crippen LogP contribution in [-0.4, -0.2) is 43.2 Å². The number of nitrogens with zero attached hydrogens (tertiary/aromatic N) is 1. The van der Waals surface area contributed by atoms with Crippen LogP contribution in [0, 0.1) is 0 Å². The largest absolute Gasteiger partial charge is 0.375 e. The number of rotatable bonds is 10. The minimum Gasteiger partial charge on any atom is -0.375 e. The Labute approximate surface area is 145 Å². The molecule has 7 heteroatoms. The zero-order valence-electron chi connectivity index (χ0n) is 14.0. The van der Waals surface area contributed by atoms with Crippen molar-refractivity contribution in [3.63, 3.8) is 0 Å². The van der Waals surface area contributed by atoms with E-state index >= 15 is 0 Å². The Kier molecular flexibility index (Phi) is 9.03. The lowest BCUT2D eigenvalue weighted by atomic mass is 10.2. The maximum absolute atomic E-state index is 10.5. The number of carbonyl (C=O) groups excluding carboxylic acids is 1. The monoisotopic (exact) mass is 359 g/mol. The van der Waals surface area contributed by atoms with Gasteiger partial charge in [-0.3, -0.25) is 9.69 Å². The number of amides is 1. The smallest absolute Gasteiger partial charge is 0.207 e. The molecule has 0 radical (unpaired) electrons. The highest BCUT2D eigenvalue weighted by molar-refractivity contribution is 7.35. The zero-order chi connectivity index (χ0) is 17.3. The second-order valence-electron chi connectivity index (χ2n) is 6.16. The van der Waals surface area contributed by atoms with Gasteiger partial charge in [-0.05, 0) is 41.1 Å². The third kappa shape index (κ3) is 7.60. The first kappa shape index (κ1) is 20.3. The fourth-order valence-corrected chi connectivity index (χ4v) is 3.43.